The molecule has 0 spiro atoms. The van der Waals surface area contributed by atoms with Crippen molar-refractivity contribution in [1.82, 2.24) is 19.6 Å². The van der Waals surface area contributed by atoms with E-state index in [0.29, 0.717) is 32.2 Å². The number of likely N-dealkylation sites (tertiary alicyclic amines) is 1. The van der Waals surface area contributed by atoms with Crippen LogP contribution in [0.1, 0.15) is 24.8 Å². The van der Waals surface area contributed by atoms with E-state index >= 15 is 0 Å². The Balaban J connectivity index is 1.79. The molecule has 1 atom stereocenters. The third-order valence-electron chi connectivity index (χ3n) is 4.31. The average molecular weight is 336 g/mol. The smallest absolute Gasteiger partial charge is 0.308 e. The van der Waals surface area contributed by atoms with Gasteiger partial charge in [-0.05, 0) is 24.8 Å². The first-order chi connectivity index (χ1) is 11.4. The Bertz CT molecular complexity index is 613. The highest BCUT2D eigenvalue weighted by atomic mass is 16.4. The number of aryl methyl sites for hydroxylation is 2. The Morgan fingerprint density at radius 3 is 2.79 bits per heavy atom. The lowest BCUT2D eigenvalue weighted by molar-refractivity contribution is -0.147. The van der Waals surface area contributed by atoms with Crippen LogP contribution in [0.2, 0.25) is 0 Å². The van der Waals surface area contributed by atoms with Crippen molar-refractivity contribution in [2.75, 3.05) is 26.7 Å². The fourth-order valence-corrected chi connectivity index (χ4v) is 2.84. The molecular formula is C16H24N4O4. The van der Waals surface area contributed by atoms with E-state index in [1.165, 1.54) is 4.90 Å². The van der Waals surface area contributed by atoms with Crippen molar-refractivity contribution in [3.05, 3.63) is 18.0 Å². The average Bonchev–Trinajstić information content (AvgIpc) is 2.98. The summed E-state index contributed by atoms with van der Waals surface area (Å²) in [4.78, 5) is 38.5. The van der Waals surface area contributed by atoms with Gasteiger partial charge in [0.2, 0.25) is 11.8 Å². The van der Waals surface area contributed by atoms with Gasteiger partial charge in [0.25, 0.3) is 0 Å². The lowest BCUT2D eigenvalue weighted by Crippen LogP contribution is -2.46. The van der Waals surface area contributed by atoms with Crippen LogP contribution in [0.25, 0.3) is 0 Å². The summed E-state index contributed by atoms with van der Waals surface area (Å²) in [6.07, 6.45) is 5.75. The first-order valence-electron chi connectivity index (χ1n) is 8.09. The van der Waals surface area contributed by atoms with Gasteiger partial charge in [-0.3, -0.25) is 19.1 Å². The molecule has 1 unspecified atom stereocenters. The van der Waals surface area contributed by atoms with Crippen LogP contribution in [0.15, 0.2) is 12.4 Å². The SMILES string of the molecule is CN(CC(=O)N1CCCC(C(=O)O)C1)C(=O)CCc1cnn(C)c1. The van der Waals surface area contributed by atoms with Crippen molar-refractivity contribution in [2.45, 2.75) is 25.7 Å². The van der Waals surface area contributed by atoms with Crippen LogP contribution in [0.3, 0.4) is 0 Å². The third kappa shape index (κ3) is 4.81. The topological polar surface area (TPSA) is 95.7 Å². The summed E-state index contributed by atoms with van der Waals surface area (Å²) in [5.41, 5.74) is 0.978. The molecule has 0 aliphatic carbocycles. The Kier molecular flexibility index (Phi) is 5.94. The highest BCUT2D eigenvalue weighted by Gasteiger charge is 2.28. The van der Waals surface area contributed by atoms with Gasteiger partial charge in [0.1, 0.15) is 0 Å². The summed E-state index contributed by atoms with van der Waals surface area (Å²) in [6, 6.07) is 0. The maximum Gasteiger partial charge on any atom is 0.308 e. The lowest BCUT2D eigenvalue weighted by atomic mass is 9.98. The molecule has 2 amide bonds. The molecule has 0 radical (unpaired) electrons. The zero-order valence-corrected chi connectivity index (χ0v) is 14.1. The minimum Gasteiger partial charge on any atom is -0.481 e. The summed E-state index contributed by atoms with van der Waals surface area (Å²) < 4.78 is 1.68. The molecule has 2 heterocycles. The van der Waals surface area contributed by atoms with E-state index in [1.807, 2.05) is 13.2 Å². The largest absolute Gasteiger partial charge is 0.481 e. The van der Waals surface area contributed by atoms with Gasteiger partial charge in [0.05, 0.1) is 18.7 Å². The number of aliphatic carboxylic acids is 1. The van der Waals surface area contributed by atoms with Crippen molar-refractivity contribution in [3.63, 3.8) is 0 Å². The monoisotopic (exact) mass is 336 g/mol. The summed E-state index contributed by atoms with van der Waals surface area (Å²) in [6.45, 7) is 0.768. The second-order valence-electron chi connectivity index (χ2n) is 6.29. The fraction of sp³-hybridized carbons (Fsp3) is 0.625. The summed E-state index contributed by atoms with van der Waals surface area (Å²) in [7, 11) is 3.42. The van der Waals surface area contributed by atoms with Crippen LogP contribution in [0, 0.1) is 5.92 Å². The highest BCUT2D eigenvalue weighted by molar-refractivity contribution is 5.85. The Morgan fingerprint density at radius 2 is 2.17 bits per heavy atom. The second-order valence-corrected chi connectivity index (χ2v) is 6.29. The van der Waals surface area contributed by atoms with Gasteiger partial charge in [0.15, 0.2) is 0 Å². The predicted octanol–water partition coefficient (Wildman–Crippen LogP) is 0.134. The van der Waals surface area contributed by atoms with Crippen molar-refractivity contribution in [3.8, 4) is 0 Å². The minimum absolute atomic E-state index is 0.0157. The van der Waals surface area contributed by atoms with Crippen LogP contribution in [0.4, 0.5) is 0 Å². The predicted molar refractivity (Wildman–Crippen MR) is 86.1 cm³/mol. The molecule has 1 aliphatic rings. The number of hydrogen-bond donors (Lipinski definition) is 1. The van der Waals surface area contributed by atoms with Gasteiger partial charge in [-0.1, -0.05) is 0 Å². The van der Waals surface area contributed by atoms with Gasteiger partial charge >= 0.3 is 5.97 Å². The molecule has 1 aliphatic heterocycles. The van der Waals surface area contributed by atoms with Gasteiger partial charge in [0, 0.05) is 39.8 Å². The Labute approximate surface area is 141 Å². The number of carboxylic acids is 1. The second kappa shape index (κ2) is 7.94. The molecule has 1 aromatic heterocycles. The van der Waals surface area contributed by atoms with Gasteiger partial charge in [-0.15, -0.1) is 0 Å². The van der Waals surface area contributed by atoms with E-state index in [-0.39, 0.29) is 24.9 Å². The van der Waals surface area contributed by atoms with Crippen LogP contribution >= 0.6 is 0 Å². The molecule has 0 aromatic carbocycles. The Morgan fingerprint density at radius 1 is 1.42 bits per heavy atom. The number of nitrogens with zero attached hydrogens (tertiary/aromatic N) is 4. The standard InChI is InChI=1S/C16H24N4O4/c1-18(14(21)6-5-12-8-17-19(2)9-12)11-15(22)20-7-3-4-13(10-20)16(23)24/h8-9,13H,3-7,10-11H2,1-2H3,(H,23,24). The lowest BCUT2D eigenvalue weighted by Gasteiger charge is -2.32. The van der Waals surface area contributed by atoms with Crippen molar-refractivity contribution in [2.24, 2.45) is 13.0 Å². The van der Waals surface area contributed by atoms with E-state index in [0.717, 1.165) is 5.56 Å². The molecule has 24 heavy (non-hydrogen) atoms. The summed E-state index contributed by atoms with van der Waals surface area (Å²) >= 11 is 0. The molecule has 8 heteroatoms. The Hall–Kier alpha value is -2.38. The molecule has 0 saturated carbocycles. The summed E-state index contributed by atoms with van der Waals surface area (Å²) in [5.74, 6) is -1.68. The number of carboxylic acid groups (broad SMARTS) is 1. The molecule has 2 rings (SSSR count). The molecule has 1 N–H and O–H groups in total. The number of amides is 2. The molecule has 1 aromatic rings. The number of likely N-dealkylation sites (N-methyl/N-ethyl adjacent to an activating group) is 1. The van der Waals surface area contributed by atoms with E-state index < -0.39 is 11.9 Å². The van der Waals surface area contributed by atoms with Gasteiger partial charge < -0.3 is 14.9 Å². The maximum atomic E-state index is 12.3. The highest BCUT2D eigenvalue weighted by Crippen LogP contribution is 2.17. The van der Waals surface area contributed by atoms with Crippen molar-refractivity contribution < 1.29 is 19.5 Å². The van der Waals surface area contributed by atoms with Gasteiger partial charge in [-0.2, -0.15) is 5.10 Å². The number of aromatic nitrogens is 2. The number of rotatable bonds is 6. The van der Waals surface area contributed by atoms with Crippen LogP contribution in [0.5, 0.6) is 0 Å². The third-order valence-corrected chi connectivity index (χ3v) is 4.31. The molecular weight excluding hydrogens is 312 g/mol. The fourth-order valence-electron chi connectivity index (χ4n) is 2.84. The number of carbonyl (C=O) groups excluding carboxylic acids is 2. The zero-order chi connectivity index (χ0) is 17.7. The molecule has 8 nitrogen and oxygen atoms in total. The molecule has 1 saturated heterocycles. The number of hydrogen-bond acceptors (Lipinski definition) is 4. The number of carbonyl (C=O) groups is 3. The van der Waals surface area contributed by atoms with Crippen LogP contribution < -0.4 is 0 Å². The molecule has 132 valence electrons. The molecule has 0 bridgehead atoms. The summed E-state index contributed by atoms with van der Waals surface area (Å²) in [5, 5.41) is 13.1. The normalized spacial score (nSPS) is 17.6. The van der Waals surface area contributed by atoms with Crippen molar-refractivity contribution in [1.29, 1.82) is 0 Å². The van der Waals surface area contributed by atoms with E-state index in [9.17, 15) is 14.4 Å². The zero-order valence-electron chi connectivity index (χ0n) is 14.1. The van der Waals surface area contributed by atoms with Gasteiger partial charge in [-0.25, -0.2) is 0 Å². The number of piperidine rings is 1. The quantitative estimate of drug-likeness (QED) is 0.797. The van der Waals surface area contributed by atoms with Crippen LogP contribution in [-0.2, 0) is 27.9 Å². The van der Waals surface area contributed by atoms with Crippen LogP contribution in [-0.4, -0.2) is 69.2 Å². The van der Waals surface area contributed by atoms with E-state index in [2.05, 4.69) is 5.10 Å². The van der Waals surface area contributed by atoms with E-state index in [4.69, 9.17) is 5.11 Å². The maximum absolute atomic E-state index is 12.3. The minimum atomic E-state index is -0.867. The van der Waals surface area contributed by atoms with E-state index in [1.54, 1.807) is 22.8 Å². The first-order valence-corrected chi connectivity index (χ1v) is 8.09. The molecule has 1 fully saturated rings. The van der Waals surface area contributed by atoms with Crippen molar-refractivity contribution >= 4 is 17.8 Å². The first kappa shape index (κ1) is 18.0.